The van der Waals surface area contributed by atoms with E-state index in [9.17, 15) is 9.50 Å². The Kier molecular flexibility index (Phi) is 5.67. The molecule has 0 amide bonds. The SMILES string of the molecule is COc1ccc(CN2CC[C@](O)(c3ccccc3)[C@H](N3CCCC3)C2)c(F)c1. The normalized spacial score (nSPS) is 26.5. The van der Waals surface area contributed by atoms with E-state index in [1.165, 1.54) is 18.9 Å². The molecule has 2 saturated heterocycles. The number of halogens is 1. The summed E-state index contributed by atoms with van der Waals surface area (Å²) in [5, 5.41) is 11.7. The zero-order chi connectivity index (χ0) is 19.6. The average molecular weight is 384 g/mol. The highest BCUT2D eigenvalue weighted by Crippen LogP contribution is 2.37. The smallest absolute Gasteiger partial charge is 0.131 e. The van der Waals surface area contributed by atoms with E-state index < -0.39 is 5.60 Å². The highest BCUT2D eigenvalue weighted by atomic mass is 19.1. The predicted molar refractivity (Wildman–Crippen MR) is 108 cm³/mol. The van der Waals surface area contributed by atoms with Crippen LogP contribution < -0.4 is 4.74 Å². The van der Waals surface area contributed by atoms with E-state index in [0.717, 1.165) is 31.7 Å². The van der Waals surface area contributed by atoms with E-state index in [0.29, 0.717) is 24.3 Å². The molecule has 2 fully saturated rings. The largest absolute Gasteiger partial charge is 0.497 e. The lowest BCUT2D eigenvalue weighted by Gasteiger charge is -2.48. The topological polar surface area (TPSA) is 35.9 Å². The van der Waals surface area contributed by atoms with Gasteiger partial charge in [0.15, 0.2) is 0 Å². The Morgan fingerprint density at radius 3 is 2.54 bits per heavy atom. The molecule has 4 nitrogen and oxygen atoms in total. The molecule has 2 aliphatic rings. The van der Waals surface area contributed by atoms with Gasteiger partial charge in [0.1, 0.15) is 17.2 Å². The first kappa shape index (κ1) is 19.4. The van der Waals surface area contributed by atoms with Gasteiger partial charge in [0.2, 0.25) is 0 Å². The molecule has 0 aliphatic carbocycles. The van der Waals surface area contributed by atoms with Crippen LogP contribution in [-0.2, 0) is 12.1 Å². The van der Waals surface area contributed by atoms with E-state index in [4.69, 9.17) is 4.74 Å². The minimum atomic E-state index is -0.861. The number of benzene rings is 2. The summed E-state index contributed by atoms with van der Waals surface area (Å²) in [6.45, 7) is 4.05. The van der Waals surface area contributed by atoms with Gasteiger partial charge in [-0.15, -0.1) is 0 Å². The molecule has 1 N–H and O–H groups in total. The van der Waals surface area contributed by atoms with Crippen molar-refractivity contribution in [3.63, 3.8) is 0 Å². The molecule has 0 spiro atoms. The van der Waals surface area contributed by atoms with Crippen molar-refractivity contribution in [2.24, 2.45) is 0 Å². The first-order chi connectivity index (χ1) is 13.6. The molecular weight excluding hydrogens is 355 g/mol. The predicted octanol–water partition coefficient (Wildman–Crippen LogP) is 3.39. The van der Waals surface area contributed by atoms with Gasteiger partial charge in [-0.1, -0.05) is 36.4 Å². The van der Waals surface area contributed by atoms with Crippen molar-refractivity contribution in [3.8, 4) is 5.75 Å². The first-order valence-corrected chi connectivity index (χ1v) is 10.2. The lowest BCUT2D eigenvalue weighted by molar-refractivity contribution is -0.0960. The van der Waals surface area contributed by atoms with Gasteiger partial charge >= 0.3 is 0 Å². The third-order valence-electron chi connectivity index (χ3n) is 6.30. The van der Waals surface area contributed by atoms with Crippen LogP contribution in [-0.4, -0.2) is 54.2 Å². The molecule has 0 unspecified atom stereocenters. The summed E-state index contributed by atoms with van der Waals surface area (Å²) in [5.74, 6) is 0.300. The number of likely N-dealkylation sites (tertiary alicyclic amines) is 2. The van der Waals surface area contributed by atoms with Gasteiger partial charge in [-0.25, -0.2) is 4.39 Å². The Bertz CT molecular complexity index is 794. The number of piperidine rings is 1. The Morgan fingerprint density at radius 2 is 1.86 bits per heavy atom. The molecule has 28 heavy (non-hydrogen) atoms. The molecule has 2 aromatic rings. The van der Waals surface area contributed by atoms with Crippen molar-refractivity contribution in [2.45, 2.75) is 37.5 Å². The van der Waals surface area contributed by atoms with Gasteiger partial charge in [-0.05, 0) is 44.0 Å². The second kappa shape index (κ2) is 8.19. The average Bonchev–Trinajstić information content (AvgIpc) is 3.26. The number of nitrogens with zero attached hydrogens (tertiary/aromatic N) is 2. The van der Waals surface area contributed by atoms with Crippen molar-refractivity contribution < 1.29 is 14.2 Å². The fourth-order valence-electron chi connectivity index (χ4n) is 4.68. The van der Waals surface area contributed by atoms with Crippen LogP contribution in [0.2, 0.25) is 0 Å². The van der Waals surface area contributed by atoms with Crippen molar-refractivity contribution >= 4 is 0 Å². The molecule has 2 aromatic carbocycles. The number of hydrogen-bond acceptors (Lipinski definition) is 4. The van der Waals surface area contributed by atoms with E-state index in [1.54, 1.807) is 19.2 Å². The standard InChI is InChI=1S/C23H29FN2O2/c1-28-20-10-9-18(21(24)15-20)16-25-14-11-23(27,19-7-3-2-4-8-19)22(17-25)26-12-5-6-13-26/h2-4,7-10,15,22,27H,5-6,11-14,16-17H2,1H3/t22-,23+/m1/s1. The van der Waals surface area contributed by atoms with E-state index in [-0.39, 0.29) is 11.9 Å². The van der Waals surface area contributed by atoms with E-state index in [1.807, 2.05) is 30.3 Å². The second-order valence-corrected chi connectivity index (χ2v) is 7.99. The molecule has 2 atom stereocenters. The van der Waals surface area contributed by atoms with Crippen LogP contribution in [0.25, 0.3) is 0 Å². The maximum atomic E-state index is 14.4. The minimum absolute atomic E-state index is 0.0208. The molecule has 0 saturated carbocycles. The number of ether oxygens (including phenoxy) is 1. The number of aliphatic hydroxyl groups is 1. The summed E-state index contributed by atoms with van der Waals surface area (Å²) in [7, 11) is 1.55. The number of methoxy groups -OCH3 is 1. The molecule has 2 aliphatic heterocycles. The molecule has 0 aromatic heterocycles. The van der Waals surface area contributed by atoms with Crippen molar-refractivity contribution in [1.82, 2.24) is 9.80 Å². The third kappa shape index (κ3) is 3.79. The van der Waals surface area contributed by atoms with Crippen molar-refractivity contribution in [3.05, 3.63) is 65.5 Å². The van der Waals surface area contributed by atoms with Gasteiger partial charge in [0.25, 0.3) is 0 Å². The highest BCUT2D eigenvalue weighted by molar-refractivity contribution is 5.30. The van der Waals surface area contributed by atoms with Gasteiger partial charge < -0.3 is 9.84 Å². The lowest BCUT2D eigenvalue weighted by atomic mass is 9.79. The molecular formula is C23H29FN2O2. The molecule has 2 heterocycles. The first-order valence-electron chi connectivity index (χ1n) is 10.2. The summed E-state index contributed by atoms with van der Waals surface area (Å²) in [6, 6.07) is 15.1. The Labute approximate surface area is 166 Å². The monoisotopic (exact) mass is 384 g/mol. The maximum absolute atomic E-state index is 14.4. The van der Waals surface area contributed by atoms with Crippen LogP contribution in [0.15, 0.2) is 48.5 Å². The molecule has 4 rings (SSSR count). The van der Waals surface area contributed by atoms with Crippen molar-refractivity contribution in [2.75, 3.05) is 33.3 Å². The fourth-order valence-corrected chi connectivity index (χ4v) is 4.68. The Morgan fingerprint density at radius 1 is 1.11 bits per heavy atom. The quantitative estimate of drug-likeness (QED) is 0.857. The van der Waals surface area contributed by atoms with Crippen LogP contribution in [0, 0.1) is 5.82 Å². The van der Waals surface area contributed by atoms with Crippen LogP contribution in [0.3, 0.4) is 0 Å². The van der Waals surface area contributed by atoms with Crippen LogP contribution in [0.5, 0.6) is 5.75 Å². The molecule has 5 heteroatoms. The van der Waals surface area contributed by atoms with Gasteiger partial charge in [-0.3, -0.25) is 9.80 Å². The molecule has 0 radical (unpaired) electrons. The summed E-state index contributed by atoms with van der Waals surface area (Å²) >= 11 is 0. The highest BCUT2D eigenvalue weighted by Gasteiger charge is 2.46. The van der Waals surface area contributed by atoms with Crippen LogP contribution in [0.4, 0.5) is 4.39 Å². The zero-order valence-corrected chi connectivity index (χ0v) is 16.5. The Balaban J connectivity index is 1.55. The van der Waals surface area contributed by atoms with Crippen molar-refractivity contribution in [1.29, 1.82) is 0 Å². The number of rotatable bonds is 5. The summed E-state index contributed by atoms with van der Waals surface area (Å²) in [5.41, 5.74) is 0.800. The lowest BCUT2D eigenvalue weighted by Crippen LogP contribution is -2.60. The maximum Gasteiger partial charge on any atom is 0.131 e. The second-order valence-electron chi connectivity index (χ2n) is 7.99. The fraction of sp³-hybridized carbons (Fsp3) is 0.478. The molecule has 150 valence electrons. The zero-order valence-electron chi connectivity index (χ0n) is 16.5. The van der Waals surface area contributed by atoms with E-state index in [2.05, 4.69) is 9.80 Å². The van der Waals surface area contributed by atoms with Crippen LogP contribution in [0.1, 0.15) is 30.4 Å². The van der Waals surface area contributed by atoms with Gasteiger partial charge in [0, 0.05) is 31.3 Å². The summed E-state index contributed by atoms with van der Waals surface area (Å²) in [4.78, 5) is 4.69. The Hall–Kier alpha value is -1.95. The van der Waals surface area contributed by atoms with E-state index >= 15 is 0 Å². The third-order valence-corrected chi connectivity index (χ3v) is 6.30. The number of hydrogen-bond donors (Lipinski definition) is 1. The minimum Gasteiger partial charge on any atom is -0.497 e. The summed E-state index contributed by atoms with van der Waals surface area (Å²) in [6.07, 6.45) is 3.00. The van der Waals surface area contributed by atoms with Gasteiger partial charge in [-0.2, -0.15) is 0 Å². The summed E-state index contributed by atoms with van der Waals surface area (Å²) < 4.78 is 19.5. The molecule has 0 bridgehead atoms. The van der Waals surface area contributed by atoms with Crippen LogP contribution >= 0.6 is 0 Å². The van der Waals surface area contributed by atoms with Gasteiger partial charge in [0.05, 0.1) is 13.2 Å².